The van der Waals surface area contributed by atoms with Crippen molar-refractivity contribution in [3.8, 4) is 0 Å². The zero-order valence-corrected chi connectivity index (χ0v) is 13.4. The number of rotatable bonds is 3. The van der Waals surface area contributed by atoms with E-state index in [1.807, 2.05) is 62.4 Å². The van der Waals surface area contributed by atoms with Gasteiger partial charge in [-0.2, -0.15) is 10.2 Å². The molecule has 24 heavy (non-hydrogen) atoms. The molecule has 0 aliphatic rings. The second kappa shape index (κ2) is 8.06. The Labute approximate surface area is 139 Å². The Balaban J connectivity index is 2.24. The van der Waals surface area contributed by atoms with E-state index in [0.29, 0.717) is 0 Å². The Bertz CT molecular complexity index is 674. The van der Waals surface area contributed by atoms with Crippen LogP contribution in [-0.2, 0) is 0 Å². The lowest BCUT2D eigenvalue weighted by atomic mass is 10.2. The average molecular weight is 328 g/mol. The molecule has 8 nitrogen and oxygen atoms in total. The second-order valence-electron chi connectivity index (χ2n) is 5.20. The minimum atomic E-state index is -1.40. The highest BCUT2D eigenvalue weighted by Gasteiger charge is 2.04. The topological polar surface area (TPSA) is 123 Å². The number of nitrogens with zero attached hydrogens (tertiary/aromatic N) is 2. The van der Waals surface area contributed by atoms with Gasteiger partial charge in [-0.15, -0.1) is 0 Å². The van der Waals surface area contributed by atoms with Gasteiger partial charge in [0.1, 0.15) is 0 Å². The van der Waals surface area contributed by atoms with Crippen LogP contribution >= 0.6 is 0 Å². The van der Waals surface area contributed by atoms with Crippen LogP contribution in [-0.4, -0.2) is 17.1 Å². The van der Waals surface area contributed by atoms with Gasteiger partial charge < -0.3 is 21.6 Å². The molecule has 2 rings (SSSR count). The van der Waals surface area contributed by atoms with Gasteiger partial charge in [0, 0.05) is 11.4 Å². The van der Waals surface area contributed by atoms with Crippen LogP contribution in [0.3, 0.4) is 0 Å². The van der Waals surface area contributed by atoms with Crippen molar-refractivity contribution < 1.29 is 10.5 Å². The van der Waals surface area contributed by atoms with E-state index in [4.69, 9.17) is 10.9 Å². The first kappa shape index (κ1) is 17.4. The summed E-state index contributed by atoms with van der Waals surface area (Å²) in [6.45, 7) is 3.97. The molecule has 0 aromatic heterocycles. The molecule has 126 valence electrons. The molecule has 2 aromatic rings. The van der Waals surface area contributed by atoms with Gasteiger partial charge in [0.05, 0.1) is 0 Å². The molecule has 0 amide bonds. The van der Waals surface area contributed by atoms with E-state index >= 15 is 0 Å². The first-order chi connectivity index (χ1) is 11.4. The zero-order valence-electron chi connectivity index (χ0n) is 13.4. The molecule has 0 spiro atoms. The van der Waals surface area contributed by atoms with Gasteiger partial charge in [-0.25, -0.2) is 0 Å². The maximum Gasteiger partial charge on any atom is 0.281 e. The summed E-state index contributed by atoms with van der Waals surface area (Å²) in [5.41, 5.74) is 9.34. The van der Waals surface area contributed by atoms with Crippen molar-refractivity contribution in [1.29, 1.82) is 0 Å². The fourth-order valence-electron chi connectivity index (χ4n) is 1.87. The maximum absolute atomic E-state index is 10.6. The fourth-order valence-corrected chi connectivity index (χ4v) is 1.87. The monoisotopic (exact) mass is 328 g/mol. The van der Waals surface area contributed by atoms with Gasteiger partial charge in [0.25, 0.3) is 5.96 Å². The van der Waals surface area contributed by atoms with Crippen LogP contribution in [0.25, 0.3) is 0 Å². The van der Waals surface area contributed by atoms with E-state index in [1.165, 1.54) is 0 Å². The molecule has 0 aliphatic heterocycles. The van der Waals surface area contributed by atoms with Crippen molar-refractivity contribution in [2.24, 2.45) is 15.8 Å². The highest BCUT2D eigenvalue weighted by atomic mass is 16.8. The Morgan fingerprint density at radius 1 is 0.958 bits per heavy atom. The summed E-state index contributed by atoms with van der Waals surface area (Å²) in [4.78, 5) is 3.99. The maximum atomic E-state index is 10.6. The molecule has 0 aliphatic carbocycles. The predicted molar refractivity (Wildman–Crippen MR) is 94.8 cm³/mol. The number of nitrogens with two attached hydrogens (primary N) is 1. The van der Waals surface area contributed by atoms with Gasteiger partial charge in [-0.1, -0.05) is 40.7 Å². The van der Waals surface area contributed by atoms with Crippen molar-refractivity contribution in [2.45, 2.75) is 13.8 Å². The molecule has 0 fully saturated rings. The molecule has 0 heterocycles. The standard InChI is InChI=1S/C16H20N6O2/c1-11-3-7-13(8-4-11)18-16(20-15(17)21-22(23)24)19-14-9-5-12(2)6-10-14/h3-10,22-23H,1-2H3,(H4,17,18,19,20,21). The largest absolute Gasteiger partial charge is 0.572 e. The highest BCUT2D eigenvalue weighted by molar-refractivity contribution is 6.08. The predicted octanol–water partition coefficient (Wildman–Crippen LogP) is 1.19. The molecular weight excluding hydrogens is 308 g/mol. The highest BCUT2D eigenvalue weighted by Crippen LogP contribution is 2.12. The third-order valence-corrected chi connectivity index (χ3v) is 3.07. The molecular formula is C16H20N6O2. The third kappa shape index (κ3) is 5.69. The molecule has 0 saturated carbocycles. The number of hydrogen-bond donors (Lipinski definition) is 5. The number of aliphatic imine (C=N–C) groups is 1. The number of nitrogens with one attached hydrogen (secondary N) is 3. The van der Waals surface area contributed by atoms with Crippen LogP contribution in [0, 0.1) is 19.1 Å². The van der Waals surface area contributed by atoms with E-state index in [1.54, 1.807) is 0 Å². The minimum Gasteiger partial charge on any atom is -0.572 e. The van der Waals surface area contributed by atoms with Crippen LogP contribution in [0.1, 0.15) is 11.1 Å². The lowest BCUT2D eigenvalue weighted by Crippen LogP contribution is -2.99. The van der Waals surface area contributed by atoms with Gasteiger partial charge in [-0.3, -0.25) is 0 Å². The van der Waals surface area contributed by atoms with Crippen molar-refractivity contribution in [2.75, 3.05) is 10.6 Å². The lowest BCUT2D eigenvalue weighted by molar-refractivity contribution is -1.05. The van der Waals surface area contributed by atoms with Crippen LogP contribution < -0.4 is 21.7 Å². The Morgan fingerprint density at radius 2 is 1.38 bits per heavy atom. The first-order valence-corrected chi connectivity index (χ1v) is 7.25. The molecule has 6 N–H and O–H groups in total. The van der Waals surface area contributed by atoms with Gasteiger partial charge in [-0.05, 0) is 43.2 Å². The van der Waals surface area contributed by atoms with Crippen molar-refractivity contribution in [1.82, 2.24) is 0 Å². The molecule has 0 bridgehead atoms. The number of quaternary nitrogens is 1. The van der Waals surface area contributed by atoms with E-state index in [9.17, 15) is 5.21 Å². The SMILES string of the molecule is Cc1ccc(NC(=N/C(N)=N/[NH+]([O-])O)Nc2ccc(C)cc2)cc1. The summed E-state index contributed by atoms with van der Waals surface area (Å²) in [6.07, 6.45) is 0. The lowest BCUT2D eigenvalue weighted by Gasteiger charge is -2.13. The van der Waals surface area contributed by atoms with Crippen LogP contribution in [0.15, 0.2) is 58.6 Å². The summed E-state index contributed by atoms with van der Waals surface area (Å²) in [5.74, 6) is -0.0954. The van der Waals surface area contributed by atoms with Gasteiger partial charge in [0.2, 0.25) is 5.96 Å². The van der Waals surface area contributed by atoms with E-state index in [-0.39, 0.29) is 11.9 Å². The summed E-state index contributed by atoms with van der Waals surface area (Å²) < 4.78 is 0. The second-order valence-corrected chi connectivity index (χ2v) is 5.20. The van der Waals surface area contributed by atoms with Crippen LogP contribution in [0.2, 0.25) is 0 Å². The van der Waals surface area contributed by atoms with Crippen LogP contribution in [0.4, 0.5) is 11.4 Å². The smallest absolute Gasteiger partial charge is 0.281 e. The molecule has 0 saturated heterocycles. The fraction of sp³-hybridized carbons (Fsp3) is 0.125. The minimum absolute atomic E-state index is 0.269. The number of benzene rings is 2. The first-order valence-electron chi connectivity index (χ1n) is 7.25. The Kier molecular flexibility index (Phi) is 5.85. The van der Waals surface area contributed by atoms with Gasteiger partial charge in [0.15, 0.2) is 0 Å². The number of guanidine groups is 2. The zero-order chi connectivity index (χ0) is 17.5. The third-order valence-electron chi connectivity index (χ3n) is 3.07. The van der Waals surface area contributed by atoms with Gasteiger partial charge >= 0.3 is 0 Å². The van der Waals surface area contributed by atoms with Crippen molar-refractivity contribution in [3.63, 3.8) is 0 Å². The number of anilines is 2. The molecule has 0 radical (unpaired) electrons. The molecule has 2 aromatic carbocycles. The van der Waals surface area contributed by atoms with E-state index in [2.05, 4.69) is 20.7 Å². The Hall–Kier alpha value is -2.94. The van der Waals surface area contributed by atoms with Crippen molar-refractivity contribution in [3.05, 3.63) is 64.9 Å². The summed E-state index contributed by atoms with van der Waals surface area (Å²) in [7, 11) is 0. The molecule has 8 heteroatoms. The number of aryl methyl sites for hydroxylation is 2. The Morgan fingerprint density at radius 3 is 1.75 bits per heavy atom. The summed E-state index contributed by atoms with van der Waals surface area (Å²) in [5, 5.41) is 27.2. The summed E-state index contributed by atoms with van der Waals surface area (Å²) in [6, 6.07) is 15.3. The van der Waals surface area contributed by atoms with E-state index < -0.39 is 5.34 Å². The quantitative estimate of drug-likeness (QED) is 0.329. The normalized spacial score (nSPS) is 12.4. The van der Waals surface area contributed by atoms with Crippen LogP contribution in [0.5, 0.6) is 0 Å². The molecule has 1 atom stereocenters. The average Bonchev–Trinajstić information content (AvgIpc) is 2.51. The summed E-state index contributed by atoms with van der Waals surface area (Å²) >= 11 is 0. The van der Waals surface area contributed by atoms with E-state index in [0.717, 1.165) is 22.5 Å². The number of hydrogen-bond acceptors (Lipinski definition) is 3. The van der Waals surface area contributed by atoms with Crippen molar-refractivity contribution >= 4 is 23.3 Å². The molecule has 1 unspecified atom stereocenters.